The lowest BCUT2D eigenvalue weighted by Crippen LogP contribution is -2.36. The maximum atomic E-state index is 13.0. The second-order valence-corrected chi connectivity index (χ2v) is 7.21. The first-order valence-corrected chi connectivity index (χ1v) is 10.2. The van der Waals surface area contributed by atoms with Crippen LogP contribution in [0.3, 0.4) is 0 Å². The Bertz CT molecular complexity index is 1110. The van der Waals surface area contributed by atoms with Crippen molar-refractivity contribution in [2.24, 2.45) is 0 Å². The van der Waals surface area contributed by atoms with Crippen molar-refractivity contribution < 1.29 is 19.2 Å². The molecule has 1 saturated heterocycles. The number of anilines is 1. The van der Waals surface area contributed by atoms with E-state index in [1.165, 1.54) is 6.07 Å². The Morgan fingerprint density at radius 3 is 2.71 bits per heavy atom. The van der Waals surface area contributed by atoms with Crippen LogP contribution < -0.4 is 4.90 Å². The molecular formula is C23H23N3O5. The Morgan fingerprint density at radius 1 is 1.19 bits per heavy atom. The highest BCUT2D eigenvalue weighted by Crippen LogP contribution is 2.36. The van der Waals surface area contributed by atoms with Crippen LogP contribution in [-0.2, 0) is 14.3 Å². The van der Waals surface area contributed by atoms with Gasteiger partial charge in [-0.2, -0.15) is 0 Å². The van der Waals surface area contributed by atoms with Gasteiger partial charge < -0.3 is 14.4 Å². The van der Waals surface area contributed by atoms with Gasteiger partial charge in [-0.3, -0.25) is 19.9 Å². The molecule has 160 valence electrons. The third-order valence-corrected chi connectivity index (χ3v) is 5.33. The van der Waals surface area contributed by atoms with Gasteiger partial charge in [0.2, 0.25) is 0 Å². The molecule has 0 amide bonds. The van der Waals surface area contributed by atoms with Crippen LogP contribution in [0.15, 0.2) is 54.6 Å². The minimum absolute atomic E-state index is 0.134. The summed E-state index contributed by atoms with van der Waals surface area (Å²) in [6.45, 7) is 4.39. The van der Waals surface area contributed by atoms with Gasteiger partial charge in [0.15, 0.2) is 0 Å². The quantitative estimate of drug-likeness (QED) is 0.340. The van der Waals surface area contributed by atoms with Crippen LogP contribution in [0, 0.1) is 10.1 Å². The molecule has 2 heterocycles. The summed E-state index contributed by atoms with van der Waals surface area (Å²) in [7, 11) is 0. The van der Waals surface area contributed by atoms with Crippen molar-refractivity contribution in [3.05, 3.63) is 76.0 Å². The summed E-state index contributed by atoms with van der Waals surface area (Å²) in [4.78, 5) is 31.1. The van der Waals surface area contributed by atoms with Gasteiger partial charge in [-0.05, 0) is 31.2 Å². The highest BCUT2D eigenvalue weighted by atomic mass is 16.6. The second-order valence-electron chi connectivity index (χ2n) is 7.21. The summed E-state index contributed by atoms with van der Waals surface area (Å²) in [6, 6.07) is 16.0. The number of fused-ring (bicyclic) bond motifs is 1. The van der Waals surface area contributed by atoms with E-state index in [-0.39, 0.29) is 17.9 Å². The van der Waals surface area contributed by atoms with Crippen LogP contribution in [-0.4, -0.2) is 48.8 Å². The molecule has 8 heteroatoms. The summed E-state index contributed by atoms with van der Waals surface area (Å²) in [6.07, 6.45) is 0. The zero-order chi connectivity index (χ0) is 21.8. The summed E-state index contributed by atoms with van der Waals surface area (Å²) in [5, 5.41) is 12.8. The number of nitro groups is 1. The molecule has 4 rings (SSSR count). The van der Waals surface area contributed by atoms with Gasteiger partial charge in [0.05, 0.1) is 41.5 Å². The fourth-order valence-electron chi connectivity index (χ4n) is 3.83. The van der Waals surface area contributed by atoms with Gasteiger partial charge in [-0.1, -0.05) is 24.3 Å². The second kappa shape index (κ2) is 9.09. The number of para-hydroxylation sites is 1. The number of aromatic nitrogens is 1. The topological polar surface area (TPSA) is 94.8 Å². The van der Waals surface area contributed by atoms with E-state index in [0.29, 0.717) is 37.5 Å². The van der Waals surface area contributed by atoms with E-state index in [4.69, 9.17) is 9.47 Å². The Kier molecular flexibility index (Phi) is 6.08. The number of ether oxygens (including phenoxy) is 2. The molecule has 0 aliphatic carbocycles. The molecule has 1 unspecified atom stereocenters. The molecule has 0 saturated carbocycles. The fourth-order valence-corrected chi connectivity index (χ4v) is 3.83. The molecule has 1 aromatic heterocycles. The fraction of sp³-hybridized carbons (Fsp3) is 0.304. The number of benzene rings is 2. The predicted molar refractivity (Wildman–Crippen MR) is 116 cm³/mol. The Hall–Kier alpha value is -3.52. The minimum atomic E-state index is -1.01. The van der Waals surface area contributed by atoms with Gasteiger partial charge in [-0.25, -0.2) is 0 Å². The Balaban J connectivity index is 1.86. The molecule has 0 radical (unpaired) electrons. The molecule has 2 aromatic carbocycles. The lowest BCUT2D eigenvalue weighted by molar-refractivity contribution is -0.385. The monoisotopic (exact) mass is 421 g/mol. The summed E-state index contributed by atoms with van der Waals surface area (Å²) in [5.74, 6) is -1.57. The molecule has 31 heavy (non-hydrogen) atoms. The number of carbonyl (C=O) groups excluding carboxylic acids is 1. The van der Waals surface area contributed by atoms with Gasteiger partial charge in [0, 0.05) is 30.2 Å². The van der Waals surface area contributed by atoms with Crippen molar-refractivity contribution in [2.45, 2.75) is 12.8 Å². The molecule has 0 spiro atoms. The number of rotatable bonds is 6. The van der Waals surface area contributed by atoms with Crippen molar-refractivity contribution >= 4 is 28.2 Å². The van der Waals surface area contributed by atoms with Gasteiger partial charge in [0.25, 0.3) is 5.69 Å². The highest BCUT2D eigenvalue weighted by Gasteiger charge is 2.33. The van der Waals surface area contributed by atoms with Crippen molar-refractivity contribution in [1.82, 2.24) is 4.98 Å². The van der Waals surface area contributed by atoms with E-state index in [1.807, 2.05) is 30.3 Å². The maximum absolute atomic E-state index is 13.0. The number of hydrogen-bond acceptors (Lipinski definition) is 7. The van der Waals surface area contributed by atoms with E-state index in [1.54, 1.807) is 25.1 Å². The number of carbonyl (C=O) groups is 1. The van der Waals surface area contributed by atoms with Crippen molar-refractivity contribution in [2.75, 3.05) is 37.8 Å². The number of nitro benzene ring substituents is 1. The molecular weight excluding hydrogens is 398 g/mol. The minimum Gasteiger partial charge on any atom is -0.465 e. The number of hydrogen-bond donors (Lipinski definition) is 0. The van der Waals surface area contributed by atoms with Gasteiger partial charge in [-0.15, -0.1) is 0 Å². The summed E-state index contributed by atoms with van der Waals surface area (Å²) >= 11 is 0. The van der Waals surface area contributed by atoms with Crippen LogP contribution in [0.4, 0.5) is 11.4 Å². The Labute approximate surface area is 179 Å². The summed E-state index contributed by atoms with van der Waals surface area (Å²) in [5.41, 5.74) is 2.07. The molecule has 0 bridgehead atoms. The molecule has 3 aromatic rings. The van der Waals surface area contributed by atoms with E-state index in [0.717, 1.165) is 11.1 Å². The molecule has 1 aliphatic rings. The van der Waals surface area contributed by atoms with Crippen LogP contribution >= 0.6 is 0 Å². The van der Waals surface area contributed by atoms with Crippen molar-refractivity contribution in [3.63, 3.8) is 0 Å². The van der Waals surface area contributed by atoms with E-state index in [9.17, 15) is 14.9 Å². The highest BCUT2D eigenvalue weighted by molar-refractivity contribution is 5.86. The largest absolute Gasteiger partial charge is 0.465 e. The first-order valence-electron chi connectivity index (χ1n) is 10.2. The van der Waals surface area contributed by atoms with Gasteiger partial charge in [0.1, 0.15) is 5.92 Å². The molecule has 1 atom stereocenters. The number of pyridine rings is 1. The van der Waals surface area contributed by atoms with Crippen LogP contribution in [0.1, 0.15) is 24.1 Å². The van der Waals surface area contributed by atoms with Crippen LogP contribution in [0.5, 0.6) is 0 Å². The third-order valence-electron chi connectivity index (χ3n) is 5.33. The molecule has 0 N–H and O–H groups in total. The van der Waals surface area contributed by atoms with Crippen molar-refractivity contribution in [1.29, 1.82) is 0 Å². The lowest BCUT2D eigenvalue weighted by Gasteiger charge is -2.29. The van der Waals surface area contributed by atoms with E-state index < -0.39 is 16.8 Å². The zero-order valence-electron chi connectivity index (χ0n) is 17.2. The standard InChI is InChI=1S/C23H23N3O5/c1-2-31-23(27)22(20-9-7-16-5-3-4-6-19(16)24-20)18-15-17(8-10-21(18)26(28)29)25-11-13-30-14-12-25/h3-10,15,22H,2,11-14H2,1H3. The van der Waals surface area contributed by atoms with Gasteiger partial charge >= 0.3 is 5.97 Å². The average molecular weight is 421 g/mol. The molecule has 1 fully saturated rings. The smallest absolute Gasteiger partial charge is 0.319 e. The molecule has 8 nitrogen and oxygen atoms in total. The predicted octanol–water partition coefficient (Wildman–Crippen LogP) is 3.67. The van der Waals surface area contributed by atoms with Crippen LogP contribution in [0.2, 0.25) is 0 Å². The number of morpholine rings is 1. The van der Waals surface area contributed by atoms with Crippen molar-refractivity contribution in [3.8, 4) is 0 Å². The lowest BCUT2D eigenvalue weighted by atomic mass is 9.92. The third kappa shape index (κ3) is 4.34. The number of nitrogens with zero attached hydrogens (tertiary/aromatic N) is 3. The first kappa shape index (κ1) is 20.7. The SMILES string of the molecule is CCOC(=O)C(c1ccc2ccccc2n1)c1cc(N2CCOCC2)ccc1[N+](=O)[O-]. The number of esters is 1. The normalized spacial score (nSPS) is 14.9. The first-order chi connectivity index (χ1) is 15.1. The van der Waals surface area contributed by atoms with E-state index >= 15 is 0 Å². The molecule has 1 aliphatic heterocycles. The van der Waals surface area contributed by atoms with Crippen LogP contribution in [0.25, 0.3) is 10.9 Å². The van der Waals surface area contributed by atoms with E-state index in [2.05, 4.69) is 9.88 Å². The Morgan fingerprint density at radius 2 is 1.97 bits per heavy atom. The summed E-state index contributed by atoms with van der Waals surface area (Å²) < 4.78 is 10.7. The average Bonchev–Trinajstić information content (AvgIpc) is 2.80. The zero-order valence-corrected chi connectivity index (χ0v) is 17.2. The maximum Gasteiger partial charge on any atom is 0.319 e.